The molecule has 0 fully saturated rings. The Hall–Kier alpha value is -1.97. The van der Waals surface area contributed by atoms with Crippen LogP contribution in [-0.4, -0.2) is 12.7 Å². The number of benzene rings is 2. The Bertz CT molecular complexity index is 979. The van der Waals surface area contributed by atoms with E-state index in [1.165, 1.54) is 90.4 Å². The van der Waals surface area contributed by atoms with Gasteiger partial charge in [0, 0.05) is 25.1 Å². The summed E-state index contributed by atoms with van der Waals surface area (Å²) in [7, 11) is 0. The predicted octanol–water partition coefficient (Wildman–Crippen LogP) is 11.6. The van der Waals surface area contributed by atoms with Crippen molar-refractivity contribution >= 4 is 5.69 Å². The molecule has 0 spiro atoms. The first-order valence-corrected chi connectivity index (χ1v) is 16.0. The highest BCUT2D eigenvalue weighted by Gasteiger charge is 2.26. The topological polar surface area (TPSA) is 12.0 Å². The minimum Gasteiger partial charge on any atom is -0.385 e. The number of alkyl halides is 3. The highest BCUT2D eigenvalue weighted by molar-refractivity contribution is 5.85. The fraction of sp³-hybridized carbons (Fsp3) is 0.657. The average Bonchev–Trinajstić information content (AvgIpc) is 3.30. The first-order valence-electron chi connectivity index (χ1n) is 16.0. The lowest BCUT2D eigenvalue weighted by molar-refractivity contribution is -0.135. The van der Waals surface area contributed by atoms with Crippen LogP contribution in [0.25, 0.3) is 11.1 Å². The monoisotopic (exact) mass is 543 g/mol. The molecule has 1 aliphatic carbocycles. The molecular weight excluding hydrogens is 491 g/mol. The highest BCUT2D eigenvalue weighted by Crippen LogP contribution is 2.43. The van der Waals surface area contributed by atoms with Crippen molar-refractivity contribution in [2.24, 2.45) is 0 Å². The van der Waals surface area contributed by atoms with Crippen molar-refractivity contribution in [2.75, 3.05) is 11.9 Å². The van der Waals surface area contributed by atoms with E-state index in [9.17, 15) is 13.2 Å². The molecule has 0 amide bonds. The molecule has 1 N–H and O–H groups in total. The lowest BCUT2D eigenvalue weighted by Gasteiger charge is -2.15. The van der Waals surface area contributed by atoms with Crippen molar-refractivity contribution in [1.82, 2.24) is 0 Å². The van der Waals surface area contributed by atoms with Gasteiger partial charge in [0.05, 0.1) is 0 Å². The molecule has 2 aromatic rings. The van der Waals surface area contributed by atoms with Crippen LogP contribution in [0.15, 0.2) is 30.3 Å². The summed E-state index contributed by atoms with van der Waals surface area (Å²) in [6.07, 6.45) is 15.6. The predicted molar refractivity (Wildman–Crippen MR) is 162 cm³/mol. The summed E-state index contributed by atoms with van der Waals surface area (Å²) in [6, 6.07) is 11.6. The molecule has 0 aromatic heterocycles. The van der Waals surface area contributed by atoms with E-state index in [2.05, 4.69) is 49.5 Å². The van der Waals surface area contributed by atoms with Crippen molar-refractivity contribution < 1.29 is 13.2 Å². The zero-order chi connectivity index (χ0) is 27.9. The van der Waals surface area contributed by atoms with Gasteiger partial charge >= 0.3 is 6.18 Å². The summed E-state index contributed by atoms with van der Waals surface area (Å²) in [5.74, 6) is 0. The van der Waals surface area contributed by atoms with E-state index in [4.69, 9.17) is 0 Å². The molecule has 4 heteroatoms. The highest BCUT2D eigenvalue weighted by atomic mass is 19.4. The van der Waals surface area contributed by atoms with Crippen molar-refractivity contribution in [3.05, 3.63) is 52.6 Å². The van der Waals surface area contributed by atoms with Crippen LogP contribution < -0.4 is 5.32 Å². The summed E-state index contributed by atoms with van der Waals surface area (Å²) in [5.41, 5.74) is 10.0. The third-order valence-corrected chi connectivity index (χ3v) is 8.34. The maximum atomic E-state index is 12.3. The number of rotatable bonds is 20. The molecule has 0 atom stereocenters. The van der Waals surface area contributed by atoms with Gasteiger partial charge in [-0.1, -0.05) is 115 Å². The van der Waals surface area contributed by atoms with Gasteiger partial charge in [-0.3, -0.25) is 0 Å². The number of aryl methyl sites for hydroxylation is 2. The number of hydrogen-bond acceptors (Lipinski definition) is 1. The van der Waals surface area contributed by atoms with E-state index in [1.54, 1.807) is 0 Å². The molecule has 0 aliphatic heterocycles. The van der Waals surface area contributed by atoms with Crippen LogP contribution in [0.5, 0.6) is 0 Å². The number of anilines is 1. The van der Waals surface area contributed by atoms with Crippen LogP contribution in [0.2, 0.25) is 0 Å². The number of nitrogens with one attached hydrogen (secondary N) is 1. The number of halogens is 3. The molecule has 0 saturated heterocycles. The zero-order valence-corrected chi connectivity index (χ0v) is 24.7. The molecule has 0 bridgehead atoms. The largest absolute Gasteiger partial charge is 0.389 e. The molecule has 1 nitrogen and oxygen atoms in total. The molecule has 39 heavy (non-hydrogen) atoms. The second-order valence-electron chi connectivity index (χ2n) is 11.6. The van der Waals surface area contributed by atoms with Crippen LogP contribution >= 0.6 is 0 Å². The number of hydrogen-bond donors (Lipinski definition) is 1. The Balaban J connectivity index is 1.49. The number of fused-ring (bicyclic) bond motifs is 3. The molecule has 1 aliphatic rings. The van der Waals surface area contributed by atoms with Crippen LogP contribution in [-0.2, 0) is 19.3 Å². The van der Waals surface area contributed by atoms with E-state index in [0.717, 1.165) is 57.9 Å². The fourth-order valence-corrected chi connectivity index (χ4v) is 6.06. The van der Waals surface area contributed by atoms with Gasteiger partial charge in [0.2, 0.25) is 0 Å². The molecular formula is C35H52F3N. The average molecular weight is 544 g/mol. The Kier molecular flexibility index (Phi) is 13.7. The Labute approximate surface area is 236 Å². The molecule has 0 unspecified atom stereocenters. The van der Waals surface area contributed by atoms with Crippen LogP contribution in [0, 0.1) is 0 Å². The molecule has 0 radical (unpaired) electrons. The first-order chi connectivity index (χ1) is 18.9. The Morgan fingerprint density at radius 1 is 0.744 bits per heavy atom. The van der Waals surface area contributed by atoms with Crippen LogP contribution in [0.3, 0.4) is 0 Å². The summed E-state index contributed by atoms with van der Waals surface area (Å²) < 4.78 is 36.8. The lowest BCUT2D eigenvalue weighted by atomic mass is 9.93. The third-order valence-electron chi connectivity index (χ3n) is 8.34. The summed E-state index contributed by atoms with van der Waals surface area (Å²) >= 11 is 0. The second kappa shape index (κ2) is 17.0. The summed E-state index contributed by atoms with van der Waals surface area (Å²) in [4.78, 5) is 0. The lowest BCUT2D eigenvalue weighted by Crippen LogP contribution is -2.06. The van der Waals surface area contributed by atoms with E-state index in [-0.39, 0.29) is 6.42 Å². The van der Waals surface area contributed by atoms with Crippen molar-refractivity contribution in [1.29, 1.82) is 0 Å². The fourth-order valence-electron chi connectivity index (χ4n) is 6.06. The summed E-state index contributed by atoms with van der Waals surface area (Å²) in [6.45, 7) is 5.57. The van der Waals surface area contributed by atoms with Crippen molar-refractivity contribution in [3.8, 4) is 11.1 Å². The molecule has 2 aromatic carbocycles. The zero-order valence-electron chi connectivity index (χ0n) is 24.7. The smallest absolute Gasteiger partial charge is 0.385 e. The van der Waals surface area contributed by atoms with Gasteiger partial charge in [-0.2, -0.15) is 13.2 Å². The van der Waals surface area contributed by atoms with Gasteiger partial charge in [0.25, 0.3) is 0 Å². The quantitative estimate of drug-likeness (QED) is 0.140. The van der Waals surface area contributed by atoms with Crippen LogP contribution in [0.1, 0.15) is 139 Å². The molecule has 218 valence electrons. The number of unbranched alkanes of at least 4 members (excludes halogenated alkanes) is 13. The molecule has 0 heterocycles. The minimum atomic E-state index is -4.00. The van der Waals surface area contributed by atoms with Gasteiger partial charge in [0.1, 0.15) is 0 Å². The minimum absolute atomic E-state index is 0.273. The van der Waals surface area contributed by atoms with E-state index in [0.29, 0.717) is 6.42 Å². The Morgan fingerprint density at radius 2 is 1.38 bits per heavy atom. The van der Waals surface area contributed by atoms with Crippen molar-refractivity contribution in [2.45, 2.75) is 142 Å². The SMILES string of the molecule is CCCCCCCCCCNc1cc(CC)cc2c1Cc1cccc(CCCCCCCCCC(F)(F)F)c1-2. The van der Waals surface area contributed by atoms with Gasteiger partial charge in [-0.15, -0.1) is 0 Å². The van der Waals surface area contributed by atoms with Gasteiger partial charge in [-0.25, -0.2) is 0 Å². The maximum Gasteiger partial charge on any atom is 0.389 e. The first kappa shape index (κ1) is 31.6. The van der Waals surface area contributed by atoms with E-state index in [1.807, 2.05) is 0 Å². The Morgan fingerprint density at radius 3 is 2.05 bits per heavy atom. The van der Waals surface area contributed by atoms with Crippen molar-refractivity contribution in [3.63, 3.8) is 0 Å². The molecule has 0 saturated carbocycles. The van der Waals surface area contributed by atoms with Crippen LogP contribution in [0.4, 0.5) is 18.9 Å². The molecule has 3 rings (SSSR count). The van der Waals surface area contributed by atoms with E-state index >= 15 is 0 Å². The standard InChI is InChI=1S/C35H52F3N/c1-3-5-6-7-8-12-15-18-24-39-33-26-28(4-2)25-32-31(33)27-30-22-19-21-29(34(30)32)20-16-13-10-9-11-14-17-23-35(36,37)38/h19,21-22,25-26,39H,3-18,20,23-24,27H2,1-2H3. The third kappa shape index (κ3) is 10.8. The van der Waals surface area contributed by atoms with Gasteiger partial charge in [-0.05, 0) is 71.6 Å². The van der Waals surface area contributed by atoms with Gasteiger partial charge < -0.3 is 5.32 Å². The summed E-state index contributed by atoms with van der Waals surface area (Å²) in [5, 5.41) is 3.81. The maximum absolute atomic E-state index is 12.3. The second-order valence-corrected chi connectivity index (χ2v) is 11.6. The van der Waals surface area contributed by atoms with Gasteiger partial charge in [0.15, 0.2) is 0 Å². The van der Waals surface area contributed by atoms with E-state index < -0.39 is 12.6 Å². The normalized spacial score (nSPS) is 12.5.